The van der Waals surface area contributed by atoms with Crippen molar-refractivity contribution in [3.05, 3.63) is 84.3 Å². The van der Waals surface area contributed by atoms with Crippen molar-refractivity contribution in [2.24, 2.45) is 0 Å². The molecule has 29 heavy (non-hydrogen) atoms. The largest absolute Gasteiger partial charge is 0.457 e. The molecular formula is C21H17N5O3. The number of nitrogens with zero attached hydrogens (tertiary/aromatic N) is 3. The Bertz CT molecular complexity index is 1090. The number of hydrogen-bond acceptors (Lipinski definition) is 7. The monoisotopic (exact) mass is 387 g/mol. The minimum absolute atomic E-state index is 0.169. The number of amides is 1. The highest BCUT2D eigenvalue weighted by Gasteiger charge is 2.11. The van der Waals surface area contributed by atoms with Crippen molar-refractivity contribution in [3.63, 3.8) is 0 Å². The molecule has 0 radical (unpaired) electrons. The average Bonchev–Trinajstić information content (AvgIpc) is 3.15. The van der Waals surface area contributed by atoms with Crippen LogP contribution in [0, 0.1) is 6.92 Å². The van der Waals surface area contributed by atoms with Gasteiger partial charge >= 0.3 is 0 Å². The van der Waals surface area contributed by atoms with Crippen molar-refractivity contribution in [1.29, 1.82) is 0 Å². The Morgan fingerprint density at radius 1 is 0.897 bits per heavy atom. The SMILES string of the molecule is Cc1cc(NC(=O)c2ccc(Nc3ccc(Oc4ccccc4)cc3)nn2)no1. The van der Waals surface area contributed by atoms with Crippen LogP contribution in [0.25, 0.3) is 0 Å². The Morgan fingerprint density at radius 2 is 1.66 bits per heavy atom. The van der Waals surface area contributed by atoms with Gasteiger partial charge in [-0.25, -0.2) is 0 Å². The second-order valence-electron chi connectivity index (χ2n) is 6.15. The van der Waals surface area contributed by atoms with Gasteiger partial charge in [-0.1, -0.05) is 23.4 Å². The quantitative estimate of drug-likeness (QED) is 0.500. The zero-order valence-electron chi connectivity index (χ0n) is 15.5. The summed E-state index contributed by atoms with van der Waals surface area (Å²) >= 11 is 0. The lowest BCUT2D eigenvalue weighted by Gasteiger charge is -2.08. The van der Waals surface area contributed by atoms with Crippen LogP contribution in [0.3, 0.4) is 0 Å². The highest BCUT2D eigenvalue weighted by Crippen LogP contribution is 2.23. The van der Waals surface area contributed by atoms with E-state index in [1.165, 1.54) is 0 Å². The van der Waals surface area contributed by atoms with E-state index in [1.54, 1.807) is 25.1 Å². The van der Waals surface area contributed by atoms with Crippen molar-refractivity contribution in [3.8, 4) is 11.5 Å². The van der Waals surface area contributed by atoms with E-state index in [1.807, 2.05) is 54.6 Å². The molecule has 2 aromatic heterocycles. The Hall–Kier alpha value is -4.20. The van der Waals surface area contributed by atoms with Gasteiger partial charge in [0.1, 0.15) is 17.3 Å². The van der Waals surface area contributed by atoms with Crippen molar-refractivity contribution < 1.29 is 14.1 Å². The summed E-state index contributed by atoms with van der Waals surface area (Å²) in [4.78, 5) is 12.2. The van der Waals surface area contributed by atoms with Crippen LogP contribution in [0.4, 0.5) is 17.3 Å². The fourth-order valence-electron chi connectivity index (χ4n) is 2.50. The van der Waals surface area contributed by atoms with Gasteiger partial charge in [-0.2, -0.15) is 0 Å². The first kappa shape index (κ1) is 18.2. The zero-order chi connectivity index (χ0) is 20.1. The first-order valence-corrected chi connectivity index (χ1v) is 8.84. The van der Waals surface area contributed by atoms with E-state index in [2.05, 4.69) is 26.0 Å². The van der Waals surface area contributed by atoms with E-state index in [9.17, 15) is 4.79 Å². The van der Waals surface area contributed by atoms with Crippen LogP contribution in [0.1, 0.15) is 16.2 Å². The van der Waals surface area contributed by atoms with Crippen LogP contribution in [0.5, 0.6) is 11.5 Å². The van der Waals surface area contributed by atoms with E-state index in [0.29, 0.717) is 17.4 Å². The van der Waals surface area contributed by atoms with Crippen LogP contribution >= 0.6 is 0 Å². The van der Waals surface area contributed by atoms with E-state index in [0.717, 1.165) is 17.2 Å². The number of anilines is 3. The van der Waals surface area contributed by atoms with Crippen molar-refractivity contribution in [1.82, 2.24) is 15.4 Å². The molecule has 1 amide bonds. The van der Waals surface area contributed by atoms with Gasteiger partial charge in [0.05, 0.1) is 0 Å². The maximum absolute atomic E-state index is 12.2. The predicted octanol–water partition coefficient (Wildman–Crippen LogP) is 4.56. The first-order chi connectivity index (χ1) is 14.2. The first-order valence-electron chi connectivity index (χ1n) is 8.84. The molecule has 2 N–H and O–H groups in total. The van der Waals surface area contributed by atoms with Gasteiger partial charge < -0.3 is 19.9 Å². The summed E-state index contributed by atoms with van der Waals surface area (Å²) in [5.41, 5.74) is 0.984. The van der Waals surface area contributed by atoms with E-state index < -0.39 is 5.91 Å². The minimum atomic E-state index is -0.417. The molecular weight excluding hydrogens is 370 g/mol. The van der Waals surface area contributed by atoms with Crippen molar-refractivity contribution in [2.75, 3.05) is 10.6 Å². The molecule has 0 spiro atoms. The second kappa shape index (κ2) is 8.22. The van der Waals surface area contributed by atoms with Crippen LogP contribution in [0.15, 0.2) is 77.3 Å². The lowest BCUT2D eigenvalue weighted by molar-refractivity contribution is 0.102. The second-order valence-corrected chi connectivity index (χ2v) is 6.15. The minimum Gasteiger partial charge on any atom is -0.457 e. The molecule has 4 rings (SSSR count). The summed E-state index contributed by atoms with van der Waals surface area (Å²) in [5, 5.41) is 17.4. The molecule has 4 aromatic rings. The van der Waals surface area contributed by atoms with Gasteiger partial charge in [0.15, 0.2) is 17.3 Å². The van der Waals surface area contributed by atoms with Crippen LogP contribution < -0.4 is 15.4 Å². The molecule has 0 aliphatic rings. The molecule has 0 saturated carbocycles. The molecule has 0 aliphatic heterocycles. The molecule has 8 heteroatoms. The van der Waals surface area contributed by atoms with Gasteiger partial charge in [-0.3, -0.25) is 4.79 Å². The highest BCUT2D eigenvalue weighted by molar-refractivity contribution is 6.02. The van der Waals surface area contributed by atoms with E-state index in [-0.39, 0.29) is 5.69 Å². The fourth-order valence-corrected chi connectivity index (χ4v) is 2.50. The third-order valence-electron chi connectivity index (χ3n) is 3.87. The lowest BCUT2D eigenvalue weighted by atomic mass is 10.3. The third kappa shape index (κ3) is 4.75. The summed E-state index contributed by atoms with van der Waals surface area (Å²) in [5.74, 6) is 2.52. The summed E-state index contributed by atoms with van der Waals surface area (Å²) in [7, 11) is 0. The Balaban J connectivity index is 1.36. The van der Waals surface area contributed by atoms with Crippen molar-refractivity contribution >= 4 is 23.2 Å². The number of rotatable bonds is 6. The Morgan fingerprint density at radius 3 is 2.31 bits per heavy atom. The summed E-state index contributed by atoms with van der Waals surface area (Å²) in [6.07, 6.45) is 0. The molecule has 2 heterocycles. The highest BCUT2D eigenvalue weighted by atomic mass is 16.5. The van der Waals surface area contributed by atoms with E-state index in [4.69, 9.17) is 9.26 Å². The van der Waals surface area contributed by atoms with Gasteiger partial charge in [0.25, 0.3) is 5.91 Å². The molecule has 0 atom stereocenters. The predicted molar refractivity (Wildman–Crippen MR) is 107 cm³/mol. The number of carbonyl (C=O) groups excluding carboxylic acids is 1. The number of aryl methyl sites for hydroxylation is 1. The van der Waals surface area contributed by atoms with Gasteiger partial charge in [0, 0.05) is 11.8 Å². The maximum atomic E-state index is 12.2. The maximum Gasteiger partial charge on any atom is 0.277 e. The molecule has 144 valence electrons. The summed E-state index contributed by atoms with van der Waals surface area (Å²) in [6.45, 7) is 1.74. The van der Waals surface area contributed by atoms with Gasteiger partial charge in [0.2, 0.25) is 0 Å². The molecule has 8 nitrogen and oxygen atoms in total. The average molecular weight is 387 g/mol. The van der Waals surface area contributed by atoms with Crippen LogP contribution in [-0.2, 0) is 0 Å². The number of para-hydroxylation sites is 1. The van der Waals surface area contributed by atoms with Gasteiger partial charge in [-0.05, 0) is 55.5 Å². The number of ether oxygens (including phenoxy) is 1. The number of aromatic nitrogens is 3. The van der Waals surface area contributed by atoms with Crippen LogP contribution in [-0.4, -0.2) is 21.3 Å². The summed E-state index contributed by atoms with van der Waals surface area (Å²) in [6, 6.07) is 21.9. The Labute approximate surface area is 166 Å². The zero-order valence-corrected chi connectivity index (χ0v) is 15.5. The number of carbonyl (C=O) groups is 1. The molecule has 0 unspecified atom stereocenters. The van der Waals surface area contributed by atoms with E-state index >= 15 is 0 Å². The fraction of sp³-hybridized carbons (Fsp3) is 0.0476. The number of benzene rings is 2. The number of hydrogen-bond donors (Lipinski definition) is 2. The third-order valence-corrected chi connectivity index (χ3v) is 3.87. The molecule has 0 bridgehead atoms. The summed E-state index contributed by atoms with van der Waals surface area (Å²) < 4.78 is 10.7. The van der Waals surface area contributed by atoms with Crippen LogP contribution in [0.2, 0.25) is 0 Å². The smallest absolute Gasteiger partial charge is 0.277 e. The van der Waals surface area contributed by atoms with Gasteiger partial charge in [-0.15, -0.1) is 10.2 Å². The molecule has 2 aromatic carbocycles. The number of nitrogens with one attached hydrogen (secondary N) is 2. The van der Waals surface area contributed by atoms with Crippen molar-refractivity contribution in [2.45, 2.75) is 6.92 Å². The molecule has 0 aliphatic carbocycles. The molecule has 0 fully saturated rings. The normalized spacial score (nSPS) is 10.4. The topological polar surface area (TPSA) is 102 Å². The molecule has 0 saturated heterocycles. The Kier molecular flexibility index (Phi) is 5.15. The standard InChI is InChI=1S/C21H17N5O3/c1-14-13-20(26-29-14)23-21(27)18-11-12-19(25-24-18)22-15-7-9-17(10-8-15)28-16-5-3-2-4-6-16/h2-13H,1H3,(H,22,25)(H,23,26,27). The lowest BCUT2D eigenvalue weighted by Crippen LogP contribution is -2.14.